The van der Waals surface area contributed by atoms with E-state index in [-0.39, 0.29) is 12.5 Å². The zero-order valence-corrected chi connectivity index (χ0v) is 13.2. The Labute approximate surface area is 139 Å². The van der Waals surface area contributed by atoms with Crippen LogP contribution in [-0.2, 0) is 17.5 Å². The highest BCUT2D eigenvalue weighted by atomic mass is 19.4. The molecular weight excluding hydrogens is 341 g/mol. The number of carboxylic acids is 1. The van der Waals surface area contributed by atoms with Crippen molar-refractivity contribution in [3.8, 4) is 0 Å². The summed E-state index contributed by atoms with van der Waals surface area (Å²) in [5.41, 5.74) is -1.24. The summed E-state index contributed by atoms with van der Waals surface area (Å²) in [4.78, 5) is 27.2. The van der Waals surface area contributed by atoms with Gasteiger partial charge in [0.1, 0.15) is 17.6 Å². The molecule has 7 nitrogen and oxygen atoms in total. The van der Waals surface area contributed by atoms with Crippen LogP contribution in [0.3, 0.4) is 0 Å². The van der Waals surface area contributed by atoms with Gasteiger partial charge in [0.25, 0.3) is 0 Å². The summed E-state index contributed by atoms with van der Waals surface area (Å²) in [5.74, 6) is -0.801. The van der Waals surface area contributed by atoms with Crippen LogP contribution in [0, 0.1) is 0 Å². The molecule has 10 heteroatoms. The first-order valence-corrected chi connectivity index (χ1v) is 7.62. The number of rotatable bonds is 3. The second-order valence-corrected chi connectivity index (χ2v) is 6.05. The molecule has 0 spiro atoms. The number of pyridine rings is 1. The molecule has 1 aliphatic heterocycles. The van der Waals surface area contributed by atoms with Crippen LogP contribution in [0.25, 0.3) is 0 Å². The molecule has 1 aliphatic rings. The van der Waals surface area contributed by atoms with Crippen molar-refractivity contribution in [3.63, 3.8) is 0 Å². The van der Waals surface area contributed by atoms with Crippen LogP contribution in [0.4, 0.5) is 13.2 Å². The van der Waals surface area contributed by atoms with Crippen molar-refractivity contribution in [2.45, 2.75) is 44.4 Å². The monoisotopic (exact) mass is 356 g/mol. The van der Waals surface area contributed by atoms with Gasteiger partial charge >= 0.3 is 17.8 Å². The van der Waals surface area contributed by atoms with Gasteiger partial charge in [0.15, 0.2) is 0 Å². The van der Waals surface area contributed by atoms with E-state index in [2.05, 4.69) is 10.1 Å². The first-order valence-electron chi connectivity index (χ1n) is 7.62. The van der Waals surface area contributed by atoms with Crippen LogP contribution in [0.1, 0.15) is 48.8 Å². The zero-order valence-electron chi connectivity index (χ0n) is 13.2. The van der Waals surface area contributed by atoms with E-state index in [4.69, 9.17) is 0 Å². The predicted molar refractivity (Wildman–Crippen MR) is 79.1 cm³/mol. The smallest absolute Gasteiger partial charge is 0.433 e. The topological polar surface area (TPSA) is 90.0 Å². The number of halogens is 3. The average molecular weight is 356 g/mol. The Hall–Kier alpha value is -2.65. The molecule has 0 aliphatic carbocycles. The maximum absolute atomic E-state index is 12.5. The number of aliphatic carboxylic acids is 1. The number of aromatic nitrogens is 4. The van der Waals surface area contributed by atoms with E-state index in [1.165, 1.54) is 6.07 Å². The molecular formula is C15H15F3N4O3. The lowest BCUT2D eigenvalue weighted by Gasteiger charge is -2.23. The van der Waals surface area contributed by atoms with Gasteiger partial charge in [-0.2, -0.15) is 18.3 Å². The van der Waals surface area contributed by atoms with Crippen molar-refractivity contribution < 1.29 is 23.1 Å². The molecule has 0 saturated carbocycles. The van der Waals surface area contributed by atoms with Gasteiger partial charge < -0.3 is 5.11 Å². The molecule has 2 atom stereocenters. The standard InChI is InChI=1S/C15H15F3N4O3/c1-8-2-4-10(13(23)24)22-12(8)20-21(14(22)25)7-9-3-5-11(19-6-9)15(16,17)18/h3,5-6,8,10H,2,4,7H2,1H3,(H,23,24)/t8-,10-/m1/s1. The minimum absolute atomic E-state index is 0.0738. The number of carbonyl (C=O) groups is 1. The Bertz CT molecular complexity index is 854. The van der Waals surface area contributed by atoms with Crippen molar-refractivity contribution in [1.82, 2.24) is 19.3 Å². The Kier molecular flexibility index (Phi) is 4.13. The fourth-order valence-electron chi connectivity index (χ4n) is 2.93. The lowest BCUT2D eigenvalue weighted by atomic mass is 9.96. The zero-order chi connectivity index (χ0) is 18.4. The highest BCUT2D eigenvalue weighted by molar-refractivity contribution is 5.72. The summed E-state index contributed by atoms with van der Waals surface area (Å²) in [6, 6.07) is 1.08. The molecule has 134 valence electrons. The molecule has 0 fully saturated rings. The van der Waals surface area contributed by atoms with Crippen LogP contribution in [-0.4, -0.2) is 30.4 Å². The molecule has 2 aromatic heterocycles. The number of fused-ring (bicyclic) bond motifs is 1. The molecule has 3 rings (SSSR count). The lowest BCUT2D eigenvalue weighted by Crippen LogP contribution is -2.35. The van der Waals surface area contributed by atoms with Crippen LogP contribution < -0.4 is 5.69 Å². The highest BCUT2D eigenvalue weighted by Gasteiger charge is 2.34. The van der Waals surface area contributed by atoms with Gasteiger partial charge in [0, 0.05) is 12.1 Å². The quantitative estimate of drug-likeness (QED) is 0.909. The van der Waals surface area contributed by atoms with Gasteiger partial charge in [-0.15, -0.1) is 0 Å². The lowest BCUT2D eigenvalue weighted by molar-refractivity contribution is -0.142. The Morgan fingerprint density at radius 2 is 2.08 bits per heavy atom. The van der Waals surface area contributed by atoms with E-state index in [1.54, 1.807) is 0 Å². The first kappa shape index (κ1) is 17.2. The second-order valence-electron chi connectivity index (χ2n) is 6.05. The molecule has 0 radical (unpaired) electrons. The van der Waals surface area contributed by atoms with Gasteiger partial charge in [-0.05, 0) is 24.5 Å². The summed E-state index contributed by atoms with van der Waals surface area (Å²) >= 11 is 0. The predicted octanol–water partition coefficient (Wildman–Crippen LogP) is 2.03. The number of hydrogen-bond acceptors (Lipinski definition) is 4. The number of nitrogens with zero attached hydrogens (tertiary/aromatic N) is 4. The van der Waals surface area contributed by atoms with Crippen LogP contribution in [0.5, 0.6) is 0 Å². The van der Waals surface area contributed by atoms with E-state index < -0.39 is 29.6 Å². The Balaban J connectivity index is 1.93. The molecule has 1 N–H and O–H groups in total. The second kappa shape index (κ2) is 6.01. The summed E-state index contributed by atoms with van der Waals surface area (Å²) < 4.78 is 39.8. The minimum atomic E-state index is -4.53. The highest BCUT2D eigenvalue weighted by Crippen LogP contribution is 2.31. The van der Waals surface area contributed by atoms with Crippen molar-refractivity contribution in [1.29, 1.82) is 0 Å². The largest absolute Gasteiger partial charge is 0.480 e. The summed E-state index contributed by atoms with van der Waals surface area (Å²) in [6.07, 6.45) is -2.58. The SMILES string of the molecule is C[C@@H]1CC[C@H](C(=O)O)n2c1nn(Cc1ccc(C(F)(F)F)nc1)c2=O. The third-order valence-electron chi connectivity index (χ3n) is 4.26. The molecule has 0 amide bonds. The number of alkyl halides is 3. The van der Waals surface area contributed by atoms with Crippen LogP contribution in [0.15, 0.2) is 23.1 Å². The van der Waals surface area contributed by atoms with Gasteiger partial charge in [-0.1, -0.05) is 13.0 Å². The molecule has 2 aromatic rings. The van der Waals surface area contributed by atoms with E-state index in [0.29, 0.717) is 24.2 Å². The molecule has 25 heavy (non-hydrogen) atoms. The fourth-order valence-corrected chi connectivity index (χ4v) is 2.93. The first-order chi connectivity index (χ1) is 11.7. The summed E-state index contributed by atoms with van der Waals surface area (Å²) in [5, 5.41) is 13.5. The molecule has 0 saturated heterocycles. The van der Waals surface area contributed by atoms with Gasteiger partial charge in [-0.3, -0.25) is 9.55 Å². The van der Waals surface area contributed by atoms with E-state index in [9.17, 15) is 27.9 Å². The summed E-state index contributed by atoms with van der Waals surface area (Å²) in [7, 11) is 0. The van der Waals surface area contributed by atoms with E-state index in [0.717, 1.165) is 21.5 Å². The van der Waals surface area contributed by atoms with Gasteiger partial charge in [0.2, 0.25) is 0 Å². The number of carboxylic acid groups (broad SMARTS) is 1. The summed E-state index contributed by atoms with van der Waals surface area (Å²) in [6.45, 7) is 1.77. The minimum Gasteiger partial charge on any atom is -0.480 e. The van der Waals surface area contributed by atoms with Crippen LogP contribution >= 0.6 is 0 Å². The van der Waals surface area contributed by atoms with Crippen LogP contribution in [0.2, 0.25) is 0 Å². The molecule has 0 unspecified atom stereocenters. The third kappa shape index (κ3) is 3.15. The fraction of sp³-hybridized carbons (Fsp3) is 0.467. The van der Waals surface area contributed by atoms with Crippen molar-refractivity contribution >= 4 is 5.97 Å². The Morgan fingerprint density at radius 1 is 1.36 bits per heavy atom. The third-order valence-corrected chi connectivity index (χ3v) is 4.26. The van der Waals surface area contributed by atoms with Gasteiger partial charge in [0.05, 0.1) is 6.54 Å². The maximum atomic E-state index is 12.5. The molecule has 0 aromatic carbocycles. The van der Waals surface area contributed by atoms with Gasteiger partial charge in [-0.25, -0.2) is 14.3 Å². The normalized spacial score (nSPS) is 20.3. The van der Waals surface area contributed by atoms with Crippen molar-refractivity contribution in [2.24, 2.45) is 0 Å². The maximum Gasteiger partial charge on any atom is 0.433 e. The Morgan fingerprint density at radius 3 is 2.64 bits per heavy atom. The van der Waals surface area contributed by atoms with Crippen molar-refractivity contribution in [2.75, 3.05) is 0 Å². The van der Waals surface area contributed by atoms with E-state index in [1.807, 2.05) is 6.92 Å². The average Bonchev–Trinajstić information content (AvgIpc) is 2.85. The number of hydrogen-bond donors (Lipinski definition) is 1. The van der Waals surface area contributed by atoms with E-state index >= 15 is 0 Å². The molecule has 3 heterocycles. The van der Waals surface area contributed by atoms with Crippen molar-refractivity contribution in [3.05, 3.63) is 45.9 Å². The molecule has 0 bridgehead atoms.